The Balaban J connectivity index is 1.82. The third kappa shape index (κ3) is 5.88. The van der Waals surface area contributed by atoms with Crippen molar-refractivity contribution in [3.63, 3.8) is 0 Å². The van der Waals surface area contributed by atoms with Gasteiger partial charge in [-0.1, -0.05) is 23.7 Å². The van der Waals surface area contributed by atoms with Gasteiger partial charge in [0.2, 0.25) is 5.96 Å². The molecule has 168 valence electrons. The van der Waals surface area contributed by atoms with E-state index in [1.54, 1.807) is 24.3 Å². The molecule has 3 aromatic rings. The Morgan fingerprint density at radius 2 is 1.88 bits per heavy atom. The van der Waals surface area contributed by atoms with Crippen LogP contribution in [0.25, 0.3) is 0 Å². The number of hydrogen-bond acceptors (Lipinski definition) is 4. The van der Waals surface area contributed by atoms with E-state index in [0.29, 0.717) is 41.9 Å². The number of para-hydroxylation sites is 2. The number of amides is 1. The monoisotopic (exact) mass is 453 g/mol. The molecular weight excluding hydrogens is 426 g/mol. The summed E-state index contributed by atoms with van der Waals surface area (Å²) in [6.07, 6.45) is 0.709. The summed E-state index contributed by atoms with van der Waals surface area (Å²) in [7, 11) is 1.93. The number of aliphatic imine (C=N–C) groups is 1. The number of rotatable bonds is 7. The number of aryl methyl sites for hydroxylation is 2. The Kier molecular flexibility index (Phi) is 7.89. The zero-order valence-electron chi connectivity index (χ0n) is 18.8. The van der Waals surface area contributed by atoms with Crippen LogP contribution in [0, 0.1) is 13.8 Å². The lowest BCUT2D eigenvalue weighted by Crippen LogP contribution is -2.36. The van der Waals surface area contributed by atoms with Crippen LogP contribution in [0.2, 0.25) is 5.02 Å². The fraction of sp³-hybridized carbons (Fsp3) is 0.292. The molecule has 1 amide bonds. The molecule has 7 nitrogen and oxygen atoms in total. The van der Waals surface area contributed by atoms with Crippen molar-refractivity contribution in [1.82, 2.24) is 15.1 Å². The van der Waals surface area contributed by atoms with Gasteiger partial charge in [0.15, 0.2) is 0 Å². The summed E-state index contributed by atoms with van der Waals surface area (Å²) >= 11 is 5.94. The largest absolute Gasteiger partial charge is 0.492 e. The molecule has 0 aliphatic heterocycles. The molecule has 32 heavy (non-hydrogen) atoms. The Morgan fingerprint density at radius 3 is 2.53 bits per heavy atom. The van der Waals surface area contributed by atoms with Crippen LogP contribution in [0.4, 0.5) is 5.69 Å². The summed E-state index contributed by atoms with van der Waals surface area (Å²) in [6, 6.07) is 14.2. The molecule has 0 aliphatic carbocycles. The smallest absolute Gasteiger partial charge is 0.257 e. The second kappa shape index (κ2) is 10.8. The fourth-order valence-electron chi connectivity index (χ4n) is 3.33. The highest BCUT2D eigenvalue weighted by atomic mass is 35.5. The first-order valence-corrected chi connectivity index (χ1v) is 10.9. The number of halogens is 1. The topological polar surface area (TPSA) is 80.5 Å². The number of aromatic nitrogens is 2. The standard InChI is InChI=1S/C24H28ClN5O2/c1-5-32-22-9-7-6-8-21(22)27-24(28-23(31)18-10-12-19(25)13-11-18)26-15-14-20-16(2)29-30(4)17(20)3/h6-13H,5,14-15H2,1-4H3,(H2,26,27,28,31). The summed E-state index contributed by atoms with van der Waals surface area (Å²) < 4.78 is 7.56. The molecule has 0 spiro atoms. The van der Waals surface area contributed by atoms with Crippen molar-refractivity contribution in [2.24, 2.45) is 12.0 Å². The van der Waals surface area contributed by atoms with E-state index in [1.165, 1.54) is 0 Å². The highest BCUT2D eigenvalue weighted by Gasteiger charge is 2.13. The predicted molar refractivity (Wildman–Crippen MR) is 129 cm³/mol. The molecule has 0 unspecified atom stereocenters. The van der Waals surface area contributed by atoms with E-state index in [-0.39, 0.29) is 5.91 Å². The van der Waals surface area contributed by atoms with Gasteiger partial charge in [-0.2, -0.15) is 5.10 Å². The van der Waals surface area contributed by atoms with Gasteiger partial charge in [0.1, 0.15) is 5.75 Å². The summed E-state index contributed by atoms with van der Waals surface area (Å²) in [6.45, 7) is 6.96. The number of carbonyl (C=O) groups excluding carboxylic acids is 1. The lowest BCUT2D eigenvalue weighted by atomic mass is 10.1. The fourth-order valence-corrected chi connectivity index (χ4v) is 3.45. The molecule has 3 rings (SSSR count). The van der Waals surface area contributed by atoms with Crippen LogP contribution in [-0.2, 0) is 13.5 Å². The Morgan fingerprint density at radius 1 is 1.16 bits per heavy atom. The van der Waals surface area contributed by atoms with Crippen molar-refractivity contribution in [3.8, 4) is 5.75 Å². The second-order valence-corrected chi connectivity index (χ2v) is 7.70. The maximum Gasteiger partial charge on any atom is 0.257 e. The van der Waals surface area contributed by atoms with Gasteiger partial charge in [-0.3, -0.25) is 19.8 Å². The third-order valence-corrected chi connectivity index (χ3v) is 5.32. The van der Waals surface area contributed by atoms with Crippen molar-refractivity contribution in [1.29, 1.82) is 0 Å². The lowest BCUT2D eigenvalue weighted by Gasteiger charge is -2.15. The van der Waals surface area contributed by atoms with E-state index in [0.717, 1.165) is 22.6 Å². The molecule has 0 saturated carbocycles. The van der Waals surface area contributed by atoms with E-state index in [1.807, 2.05) is 56.8 Å². The van der Waals surface area contributed by atoms with E-state index in [2.05, 4.69) is 20.7 Å². The molecule has 2 N–H and O–H groups in total. The van der Waals surface area contributed by atoms with Crippen LogP contribution in [0.5, 0.6) is 5.75 Å². The predicted octanol–water partition coefficient (Wildman–Crippen LogP) is 4.53. The van der Waals surface area contributed by atoms with Gasteiger partial charge in [-0.05, 0) is 69.2 Å². The van der Waals surface area contributed by atoms with Crippen LogP contribution < -0.4 is 15.4 Å². The minimum atomic E-state index is -0.282. The quantitative estimate of drug-likeness (QED) is 0.407. The number of hydrogen-bond donors (Lipinski definition) is 2. The van der Waals surface area contributed by atoms with Crippen LogP contribution in [0.15, 0.2) is 53.5 Å². The molecule has 1 heterocycles. The number of carbonyl (C=O) groups is 1. The number of guanidine groups is 1. The molecule has 0 atom stereocenters. The molecule has 2 aromatic carbocycles. The molecule has 0 bridgehead atoms. The Labute approximate surface area is 193 Å². The normalized spacial score (nSPS) is 11.3. The van der Waals surface area contributed by atoms with Gasteiger partial charge in [0.25, 0.3) is 5.91 Å². The molecule has 1 aromatic heterocycles. The minimum Gasteiger partial charge on any atom is -0.492 e. The van der Waals surface area contributed by atoms with E-state index in [4.69, 9.17) is 16.3 Å². The molecule has 0 saturated heterocycles. The average molecular weight is 454 g/mol. The van der Waals surface area contributed by atoms with Gasteiger partial charge in [0, 0.05) is 29.9 Å². The first-order valence-electron chi connectivity index (χ1n) is 10.5. The summed E-state index contributed by atoms with van der Waals surface area (Å²) in [5, 5.41) is 11.1. The average Bonchev–Trinajstić information content (AvgIpc) is 3.01. The zero-order chi connectivity index (χ0) is 23.1. The van der Waals surface area contributed by atoms with Crippen molar-refractivity contribution in [2.45, 2.75) is 27.2 Å². The number of anilines is 1. The molecule has 0 radical (unpaired) electrons. The van der Waals surface area contributed by atoms with Crippen LogP contribution in [-0.4, -0.2) is 34.8 Å². The molecule has 8 heteroatoms. The van der Waals surface area contributed by atoms with E-state index < -0.39 is 0 Å². The van der Waals surface area contributed by atoms with Gasteiger partial charge in [-0.25, -0.2) is 0 Å². The molecular formula is C24H28ClN5O2. The number of ether oxygens (including phenoxy) is 1. The van der Waals surface area contributed by atoms with Gasteiger partial charge >= 0.3 is 0 Å². The van der Waals surface area contributed by atoms with Crippen LogP contribution >= 0.6 is 11.6 Å². The van der Waals surface area contributed by atoms with Crippen molar-refractivity contribution >= 4 is 29.2 Å². The third-order valence-electron chi connectivity index (χ3n) is 5.07. The SMILES string of the molecule is CCOc1ccccc1NC(=NCCc1c(C)nn(C)c1C)NC(=O)c1ccc(Cl)cc1. The zero-order valence-corrected chi connectivity index (χ0v) is 19.5. The van der Waals surface area contributed by atoms with Crippen LogP contribution in [0.3, 0.4) is 0 Å². The molecule has 0 fully saturated rings. The summed E-state index contributed by atoms with van der Waals surface area (Å²) in [4.78, 5) is 17.4. The van der Waals surface area contributed by atoms with Crippen molar-refractivity contribution < 1.29 is 9.53 Å². The second-order valence-electron chi connectivity index (χ2n) is 7.27. The Hall–Kier alpha value is -3.32. The van der Waals surface area contributed by atoms with E-state index in [9.17, 15) is 4.79 Å². The summed E-state index contributed by atoms with van der Waals surface area (Å²) in [5.41, 5.74) is 4.47. The maximum absolute atomic E-state index is 12.8. The lowest BCUT2D eigenvalue weighted by molar-refractivity contribution is 0.0977. The van der Waals surface area contributed by atoms with E-state index >= 15 is 0 Å². The van der Waals surface area contributed by atoms with Crippen molar-refractivity contribution in [2.75, 3.05) is 18.5 Å². The highest BCUT2D eigenvalue weighted by molar-refractivity contribution is 6.30. The van der Waals surface area contributed by atoms with Gasteiger partial charge < -0.3 is 10.1 Å². The first kappa shape index (κ1) is 23.3. The van der Waals surface area contributed by atoms with Gasteiger partial charge in [-0.15, -0.1) is 0 Å². The van der Waals surface area contributed by atoms with Gasteiger partial charge in [0.05, 0.1) is 18.0 Å². The number of benzene rings is 2. The number of nitrogens with zero attached hydrogens (tertiary/aromatic N) is 3. The van der Waals surface area contributed by atoms with Crippen molar-refractivity contribution in [3.05, 3.63) is 76.1 Å². The van der Waals surface area contributed by atoms with Crippen LogP contribution in [0.1, 0.15) is 34.2 Å². The number of nitrogens with one attached hydrogen (secondary N) is 2. The Bertz CT molecular complexity index is 1110. The first-order chi connectivity index (χ1) is 15.4. The maximum atomic E-state index is 12.8. The molecule has 0 aliphatic rings. The minimum absolute atomic E-state index is 0.282. The summed E-state index contributed by atoms with van der Waals surface area (Å²) in [5.74, 6) is 0.745. The highest BCUT2D eigenvalue weighted by Crippen LogP contribution is 2.23.